The van der Waals surface area contributed by atoms with Crippen molar-refractivity contribution in [3.63, 3.8) is 0 Å². The Morgan fingerprint density at radius 1 is 1.40 bits per heavy atom. The van der Waals surface area contributed by atoms with Crippen LogP contribution in [0.1, 0.15) is 38.5 Å². The number of likely N-dealkylation sites (N-methyl/N-ethyl adjacent to an activating group) is 1. The first-order valence-electron chi connectivity index (χ1n) is 7.69. The molecular weight excluding hydrogens is 274 g/mol. The van der Waals surface area contributed by atoms with Crippen LogP contribution in [-0.2, 0) is 14.3 Å². The predicted octanol–water partition coefficient (Wildman–Crippen LogP) is 2.22. The van der Waals surface area contributed by atoms with E-state index in [4.69, 9.17) is 9.47 Å². The lowest BCUT2D eigenvalue weighted by atomic mass is 9.85. The number of thioether (sulfide) groups is 1. The van der Waals surface area contributed by atoms with E-state index in [1.165, 1.54) is 20.0 Å². The minimum absolute atomic E-state index is 0.0847. The lowest BCUT2D eigenvalue weighted by Crippen LogP contribution is -2.53. The van der Waals surface area contributed by atoms with Crippen molar-refractivity contribution < 1.29 is 14.3 Å². The van der Waals surface area contributed by atoms with Gasteiger partial charge in [0.1, 0.15) is 5.54 Å². The van der Waals surface area contributed by atoms with E-state index in [-0.39, 0.29) is 5.97 Å². The molecule has 0 bridgehead atoms. The maximum atomic E-state index is 12.1. The van der Waals surface area contributed by atoms with Gasteiger partial charge in [-0.1, -0.05) is 6.42 Å². The molecule has 116 valence electrons. The first-order valence-corrected chi connectivity index (χ1v) is 8.74. The minimum Gasteiger partial charge on any atom is -0.468 e. The van der Waals surface area contributed by atoms with Crippen molar-refractivity contribution >= 4 is 17.7 Å². The van der Waals surface area contributed by atoms with Crippen LogP contribution in [0.3, 0.4) is 0 Å². The van der Waals surface area contributed by atoms with E-state index in [1.54, 1.807) is 0 Å². The van der Waals surface area contributed by atoms with Gasteiger partial charge in [-0.05, 0) is 50.8 Å². The van der Waals surface area contributed by atoms with Gasteiger partial charge in [0.2, 0.25) is 0 Å². The second kappa shape index (κ2) is 7.66. The van der Waals surface area contributed by atoms with Gasteiger partial charge in [0.05, 0.1) is 7.11 Å². The van der Waals surface area contributed by atoms with E-state index >= 15 is 0 Å². The molecule has 20 heavy (non-hydrogen) atoms. The standard InChI is InChI=1S/C15H27NO3S/c1-16-15(14(17)18-2)8-3-4-12(15)7-11-20-13-5-9-19-10-6-13/h12-13,16H,3-11H2,1-2H3. The second-order valence-corrected chi connectivity index (χ2v) is 7.18. The molecule has 2 atom stereocenters. The van der Waals surface area contributed by atoms with Crippen molar-refractivity contribution in [1.82, 2.24) is 5.32 Å². The Bertz CT molecular complexity index is 320. The molecule has 1 aliphatic carbocycles. The number of hydrogen-bond acceptors (Lipinski definition) is 5. The summed E-state index contributed by atoms with van der Waals surface area (Å²) >= 11 is 2.05. The van der Waals surface area contributed by atoms with Gasteiger partial charge >= 0.3 is 5.97 Å². The lowest BCUT2D eigenvalue weighted by Gasteiger charge is -2.32. The third kappa shape index (κ3) is 3.49. The van der Waals surface area contributed by atoms with E-state index in [1.807, 2.05) is 7.05 Å². The molecule has 1 saturated heterocycles. The van der Waals surface area contributed by atoms with Crippen LogP contribution in [-0.4, -0.2) is 49.9 Å². The van der Waals surface area contributed by atoms with Crippen LogP contribution >= 0.6 is 11.8 Å². The fourth-order valence-corrected chi connectivity index (χ4v) is 4.85. The van der Waals surface area contributed by atoms with Gasteiger partial charge in [0, 0.05) is 18.5 Å². The first kappa shape index (κ1) is 16.1. The molecule has 0 radical (unpaired) electrons. The number of methoxy groups -OCH3 is 1. The summed E-state index contributed by atoms with van der Waals surface area (Å²) < 4.78 is 10.4. The van der Waals surface area contributed by atoms with Crippen LogP contribution in [0, 0.1) is 5.92 Å². The van der Waals surface area contributed by atoms with E-state index < -0.39 is 5.54 Å². The van der Waals surface area contributed by atoms with Crippen molar-refractivity contribution in [2.45, 2.75) is 49.3 Å². The Balaban J connectivity index is 1.82. The summed E-state index contributed by atoms with van der Waals surface area (Å²) in [4.78, 5) is 12.1. The maximum Gasteiger partial charge on any atom is 0.326 e. The summed E-state index contributed by atoms with van der Waals surface area (Å²) in [5.74, 6) is 1.46. The van der Waals surface area contributed by atoms with E-state index in [0.717, 1.165) is 49.9 Å². The quantitative estimate of drug-likeness (QED) is 0.762. The molecule has 2 rings (SSSR count). The molecule has 0 aromatic rings. The smallest absolute Gasteiger partial charge is 0.326 e. The van der Waals surface area contributed by atoms with Crippen molar-refractivity contribution in [2.75, 3.05) is 33.1 Å². The van der Waals surface area contributed by atoms with Gasteiger partial charge in [-0.25, -0.2) is 0 Å². The number of carbonyl (C=O) groups is 1. The molecule has 0 spiro atoms. The van der Waals surface area contributed by atoms with Crippen LogP contribution in [0.4, 0.5) is 0 Å². The minimum atomic E-state index is -0.439. The van der Waals surface area contributed by atoms with Crippen LogP contribution in [0.5, 0.6) is 0 Å². The highest BCUT2D eigenvalue weighted by molar-refractivity contribution is 7.99. The van der Waals surface area contributed by atoms with E-state index in [0.29, 0.717) is 5.92 Å². The number of carbonyl (C=O) groups excluding carboxylic acids is 1. The molecule has 0 aromatic heterocycles. The van der Waals surface area contributed by atoms with Crippen LogP contribution in [0.25, 0.3) is 0 Å². The fraction of sp³-hybridized carbons (Fsp3) is 0.933. The molecule has 4 nitrogen and oxygen atoms in total. The highest BCUT2D eigenvalue weighted by Gasteiger charge is 2.48. The summed E-state index contributed by atoms with van der Waals surface area (Å²) in [6.07, 6.45) is 6.58. The van der Waals surface area contributed by atoms with Gasteiger partial charge < -0.3 is 14.8 Å². The SMILES string of the molecule is CNC1(C(=O)OC)CCCC1CCSC1CCOCC1. The number of hydrogen-bond donors (Lipinski definition) is 1. The first-order chi connectivity index (χ1) is 9.73. The highest BCUT2D eigenvalue weighted by Crippen LogP contribution is 2.39. The zero-order valence-corrected chi connectivity index (χ0v) is 13.5. The number of esters is 1. The van der Waals surface area contributed by atoms with Gasteiger partial charge in [0.25, 0.3) is 0 Å². The Hall–Kier alpha value is -0.260. The van der Waals surface area contributed by atoms with Crippen molar-refractivity contribution in [3.8, 4) is 0 Å². The maximum absolute atomic E-state index is 12.1. The summed E-state index contributed by atoms with van der Waals surface area (Å²) in [6, 6.07) is 0. The summed E-state index contributed by atoms with van der Waals surface area (Å²) in [5.41, 5.74) is -0.439. The average Bonchev–Trinajstić information content (AvgIpc) is 2.91. The molecule has 2 aliphatic rings. The Labute approximate surface area is 126 Å². The van der Waals surface area contributed by atoms with Gasteiger partial charge in [-0.3, -0.25) is 4.79 Å². The van der Waals surface area contributed by atoms with E-state index in [2.05, 4.69) is 17.1 Å². The fourth-order valence-electron chi connectivity index (χ4n) is 3.57. The normalized spacial score (nSPS) is 31.4. The zero-order valence-electron chi connectivity index (χ0n) is 12.7. The van der Waals surface area contributed by atoms with E-state index in [9.17, 15) is 4.79 Å². The number of ether oxygens (including phenoxy) is 2. The third-order valence-corrected chi connectivity index (χ3v) is 6.22. The van der Waals surface area contributed by atoms with Crippen LogP contribution in [0.2, 0.25) is 0 Å². The van der Waals surface area contributed by atoms with Gasteiger partial charge in [0.15, 0.2) is 0 Å². The topological polar surface area (TPSA) is 47.6 Å². The molecule has 1 heterocycles. The summed E-state index contributed by atoms with van der Waals surface area (Å²) in [7, 11) is 3.38. The molecule has 2 unspecified atom stereocenters. The molecule has 1 N–H and O–H groups in total. The Morgan fingerprint density at radius 2 is 2.15 bits per heavy atom. The molecule has 1 saturated carbocycles. The highest BCUT2D eigenvalue weighted by atomic mass is 32.2. The van der Waals surface area contributed by atoms with Crippen LogP contribution < -0.4 is 5.32 Å². The molecule has 5 heteroatoms. The zero-order chi connectivity index (χ0) is 14.4. The number of nitrogens with one attached hydrogen (secondary N) is 1. The summed E-state index contributed by atoms with van der Waals surface area (Å²) in [5, 5.41) is 4.01. The average molecular weight is 301 g/mol. The number of rotatable bonds is 6. The Kier molecular flexibility index (Phi) is 6.18. The second-order valence-electron chi connectivity index (χ2n) is 5.77. The molecule has 1 aliphatic heterocycles. The summed E-state index contributed by atoms with van der Waals surface area (Å²) in [6.45, 7) is 1.81. The molecule has 2 fully saturated rings. The largest absolute Gasteiger partial charge is 0.468 e. The molecule has 0 aromatic carbocycles. The van der Waals surface area contributed by atoms with Crippen molar-refractivity contribution in [2.24, 2.45) is 5.92 Å². The Morgan fingerprint density at radius 3 is 2.80 bits per heavy atom. The van der Waals surface area contributed by atoms with Gasteiger partial charge in [-0.2, -0.15) is 11.8 Å². The molecular formula is C15H27NO3S. The molecule has 0 amide bonds. The lowest BCUT2D eigenvalue weighted by molar-refractivity contribution is -0.150. The van der Waals surface area contributed by atoms with Gasteiger partial charge in [-0.15, -0.1) is 0 Å². The monoisotopic (exact) mass is 301 g/mol. The third-order valence-electron chi connectivity index (χ3n) is 4.80. The van der Waals surface area contributed by atoms with Crippen molar-refractivity contribution in [3.05, 3.63) is 0 Å². The van der Waals surface area contributed by atoms with Crippen molar-refractivity contribution in [1.29, 1.82) is 0 Å². The van der Waals surface area contributed by atoms with Crippen LogP contribution in [0.15, 0.2) is 0 Å². The predicted molar refractivity (Wildman–Crippen MR) is 82.1 cm³/mol.